The van der Waals surface area contributed by atoms with Crippen LogP contribution in [-0.2, 0) is 57.5 Å². The minimum atomic E-state index is -5.08. The second-order valence-corrected chi connectivity index (χ2v) is 19.9. The van der Waals surface area contributed by atoms with Crippen LogP contribution in [0.4, 0.5) is 13.2 Å². The Morgan fingerprint density at radius 1 is 0.477 bits per heavy atom. The average Bonchev–Trinajstić information content (AvgIpc) is 3.64. The summed E-state index contributed by atoms with van der Waals surface area (Å²) in [7, 11) is 1.68. The molecule has 88 heavy (non-hydrogen) atoms. The van der Waals surface area contributed by atoms with Crippen molar-refractivity contribution in [2.45, 2.75) is 184 Å². The molecule has 0 rings (SSSR count). The number of primary amides is 1. The number of hydrogen-bond acceptors (Lipinski definition) is 20. The zero-order chi connectivity index (χ0) is 68.0. The Balaban J connectivity index is 0. The van der Waals surface area contributed by atoms with Gasteiger partial charge in [-0.25, -0.2) is 9.59 Å². The minimum Gasteiger partial charge on any atom is -0.480 e. The number of nitrogens with two attached hydrogens (primary N) is 7. The van der Waals surface area contributed by atoms with Crippen molar-refractivity contribution in [3.05, 3.63) is 0 Å². The highest BCUT2D eigenvalue weighted by molar-refractivity contribution is 5.99. The van der Waals surface area contributed by atoms with E-state index in [0.29, 0.717) is 25.8 Å². The summed E-state index contributed by atoms with van der Waals surface area (Å²) in [6.45, 7) is 4.65. The molecule has 12 atom stereocenters. The number of aliphatic carboxylic acids is 2. The molecule has 0 saturated carbocycles. The number of aliphatic hydroxyl groups is 3. The summed E-state index contributed by atoms with van der Waals surface area (Å²) < 4.78 is 31.7. The first kappa shape index (κ1) is 81.8. The largest absolute Gasteiger partial charge is 0.490 e. The molecule has 0 saturated heterocycles. The molecule has 0 aliphatic carbocycles. The highest BCUT2D eigenvalue weighted by Gasteiger charge is 2.39. The number of carboxylic acid groups (broad SMARTS) is 2. The highest BCUT2D eigenvalue weighted by atomic mass is 19.4. The molecule has 0 aliphatic heterocycles. The molecule has 0 radical (unpaired) electrons. The van der Waals surface area contributed by atoms with E-state index in [1.54, 1.807) is 7.05 Å². The van der Waals surface area contributed by atoms with Crippen molar-refractivity contribution in [3.8, 4) is 0 Å². The predicted molar refractivity (Wildman–Crippen MR) is 307 cm³/mol. The van der Waals surface area contributed by atoms with E-state index in [0.717, 1.165) is 6.92 Å². The van der Waals surface area contributed by atoms with Gasteiger partial charge in [-0.2, -0.15) is 13.2 Å². The molecule has 0 aromatic rings. The lowest BCUT2D eigenvalue weighted by atomic mass is 10.0. The molecule has 0 unspecified atom stereocenters. The molecule has 10 amide bonds. The summed E-state index contributed by atoms with van der Waals surface area (Å²) in [5.74, 6) is -14.6. The molecular weight excluding hydrogens is 1180 g/mol. The van der Waals surface area contributed by atoms with Crippen molar-refractivity contribution in [2.75, 3.05) is 39.8 Å². The first-order valence-corrected chi connectivity index (χ1v) is 27.7. The number of guanidine groups is 2. The van der Waals surface area contributed by atoms with Crippen LogP contribution in [0.5, 0.6) is 0 Å². The molecule has 36 nitrogen and oxygen atoms in total. The van der Waals surface area contributed by atoms with Crippen LogP contribution in [-0.4, -0.2) is 227 Å². The maximum Gasteiger partial charge on any atom is 0.490 e. The van der Waals surface area contributed by atoms with Gasteiger partial charge in [-0.15, -0.1) is 0 Å². The summed E-state index contributed by atoms with van der Waals surface area (Å²) in [5, 5.41) is 71.8. The molecule has 0 fully saturated rings. The molecule has 29 N–H and O–H groups in total. The van der Waals surface area contributed by atoms with E-state index in [2.05, 4.69) is 63.2 Å². The molecule has 0 aromatic carbocycles. The lowest BCUT2D eigenvalue weighted by molar-refractivity contribution is -0.192. The van der Waals surface area contributed by atoms with E-state index in [-0.39, 0.29) is 76.5 Å². The fraction of sp³-hybridized carbons (Fsp3) is 0.714. The fourth-order valence-corrected chi connectivity index (χ4v) is 7.33. The van der Waals surface area contributed by atoms with E-state index < -0.39 is 169 Å². The van der Waals surface area contributed by atoms with E-state index in [1.165, 1.54) is 20.8 Å². The summed E-state index contributed by atoms with van der Waals surface area (Å²) in [6, 6.07) is -15.1. The van der Waals surface area contributed by atoms with Crippen molar-refractivity contribution in [2.24, 2.45) is 50.1 Å². The van der Waals surface area contributed by atoms with Crippen LogP contribution >= 0.6 is 0 Å². The maximum atomic E-state index is 14.1. The average molecular weight is 1270 g/mol. The molecule has 0 aliphatic rings. The molecule has 0 bridgehead atoms. The van der Waals surface area contributed by atoms with Gasteiger partial charge in [0.2, 0.25) is 59.1 Å². The van der Waals surface area contributed by atoms with Gasteiger partial charge in [-0.1, -0.05) is 0 Å². The van der Waals surface area contributed by atoms with Crippen LogP contribution in [0.25, 0.3) is 0 Å². The smallest absolute Gasteiger partial charge is 0.480 e. The Labute approximate surface area is 504 Å². The van der Waals surface area contributed by atoms with Crippen molar-refractivity contribution >= 4 is 82.9 Å². The number of nitrogens with one attached hydrogen (secondary N) is 10. The molecular formula is C49H90F3N19O17. The van der Waals surface area contributed by atoms with Gasteiger partial charge in [0.1, 0.15) is 54.4 Å². The Bertz CT molecular complexity index is 2350. The van der Waals surface area contributed by atoms with Crippen LogP contribution in [0.3, 0.4) is 0 Å². The topological polar surface area (TPSA) is 633 Å². The van der Waals surface area contributed by atoms with Crippen molar-refractivity contribution in [1.29, 1.82) is 0 Å². The number of hydrogen-bond donors (Lipinski definition) is 22. The second kappa shape index (κ2) is 43.4. The normalized spacial score (nSPS) is 15.1. The summed E-state index contributed by atoms with van der Waals surface area (Å²) in [5.41, 5.74) is 38.3. The van der Waals surface area contributed by atoms with Gasteiger partial charge in [-0.3, -0.25) is 57.9 Å². The van der Waals surface area contributed by atoms with Crippen molar-refractivity contribution in [1.82, 2.24) is 53.2 Å². The number of amides is 10. The maximum absolute atomic E-state index is 14.1. The third-order valence-electron chi connectivity index (χ3n) is 12.2. The fourth-order valence-electron chi connectivity index (χ4n) is 7.33. The second-order valence-electron chi connectivity index (χ2n) is 19.9. The van der Waals surface area contributed by atoms with E-state index in [4.69, 9.17) is 50.0 Å². The molecule has 504 valence electrons. The van der Waals surface area contributed by atoms with Crippen molar-refractivity contribution in [3.63, 3.8) is 0 Å². The van der Waals surface area contributed by atoms with Gasteiger partial charge < -0.3 is 119 Å². The van der Waals surface area contributed by atoms with Crippen LogP contribution in [0.1, 0.15) is 105 Å². The first-order chi connectivity index (χ1) is 40.9. The van der Waals surface area contributed by atoms with E-state index in [1.807, 2.05) is 0 Å². The quantitative estimate of drug-likeness (QED) is 0.0153. The molecule has 0 aromatic heterocycles. The van der Waals surface area contributed by atoms with Gasteiger partial charge in [-0.05, 0) is 118 Å². The molecule has 0 spiro atoms. The predicted octanol–water partition coefficient (Wildman–Crippen LogP) is -8.92. The van der Waals surface area contributed by atoms with Crippen LogP contribution in [0.2, 0.25) is 0 Å². The number of halogens is 3. The third-order valence-corrected chi connectivity index (χ3v) is 12.2. The highest BCUT2D eigenvalue weighted by Crippen LogP contribution is 2.14. The zero-order valence-corrected chi connectivity index (χ0v) is 49.7. The molecule has 39 heteroatoms. The Morgan fingerprint density at radius 3 is 1.16 bits per heavy atom. The van der Waals surface area contributed by atoms with Gasteiger partial charge in [0.25, 0.3) is 0 Å². The summed E-state index contributed by atoms with van der Waals surface area (Å²) in [4.78, 5) is 162. The van der Waals surface area contributed by atoms with Gasteiger partial charge in [0.05, 0.1) is 24.9 Å². The Morgan fingerprint density at radius 2 is 0.818 bits per heavy atom. The number of alkyl halides is 3. The first-order valence-electron chi connectivity index (χ1n) is 27.7. The number of rotatable bonds is 42. The Kier molecular flexibility index (Phi) is 40.3. The third kappa shape index (κ3) is 35.4. The Hall–Kier alpha value is -8.27. The number of carbonyl (C=O) groups is 12. The van der Waals surface area contributed by atoms with Crippen molar-refractivity contribution < 1.29 is 96.2 Å². The van der Waals surface area contributed by atoms with Crippen LogP contribution in [0, 0.1) is 0 Å². The standard InChI is InChI=1S/C47H89N19O15.C2HF3O2/c1-23(49)36(71)59-30(15-11-21-57-47(53)54)41(76)66-35(26(4)69)44(79)63-28(13-7-9-19-55-5)38(73)62-31(16-17-33(50)70)42(77)65-34(25(3)68)43(78)58-24(2)37(72)60-29(14-10-20-56-46(51)52)39(74)61-27(12-6-8-18-48)40(75)64-32(22-67)45(80)81;3-2(4,5)1(6)7/h23-32,34-35,55,67-69H,6-22,48-49H2,1-5H3,(H2,50,70)(H,58,78)(H,59,71)(H,60,72)(H,61,74)(H,62,73)(H,63,79)(H,64,75)(H,65,77)(H,66,76)(H,80,81)(H4,51,52,56)(H4,53,54,57);(H,6,7)/t23-,24-,25+,26+,27-,28-,29-,30-,31-,32-,34-,35-;/m0./s1. The summed E-state index contributed by atoms with van der Waals surface area (Å²) >= 11 is 0. The van der Waals surface area contributed by atoms with Gasteiger partial charge in [0.15, 0.2) is 11.9 Å². The van der Waals surface area contributed by atoms with E-state index in [9.17, 15) is 86.3 Å². The van der Waals surface area contributed by atoms with Crippen LogP contribution < -0.4 is 93.3 Å². The number of aliphatic hydroxyl groups excluding tert-OH is 3. The lowest BCUT2D eigenvalue weighted by Gasteiger charge is -2.29. The monoisotopic (exact) mass is 1270 g/mol. The van der Waals surface area contributed by atoms with Gasteiger partial charge >= 0.3 is 18.1 Å². The minimum absolute atomic E-state index is 0.0125. The SMILES string of the molecule is CNCCCC[C@H](NC(=O)[C@@H](NC(=O)[C@H](CCCN=C(N)N)NC(=O)[C@H](C)N)[C@@H](C)O)C(=O)N[C@@H](CCC(N)=O)C(=O)N[C@H](C(=O)N[C@@H](C)C(=O)N[C@@H](CCCN=C(N)N)C(=O)N[C@@H](CCCCN)C(=O)N[C@@H](CO)C(=O)O)[C@@H](C)O.O=C(O)C(F)(F)F. The lowest BCUT2D eigenvalue weighted by Crippen LogP contribution is -2.62. The number of aliphatic imine (C=N–C) groups is 2. The summed E-state index contributed by atoms with van der Waals surface area (Å²) in [6.07, 6.45) is -7.91. The zero-order valence-electron chi connectivity index (χ0n) is 49.7. The molecule has 0 heterocycles. The van der Waals surface area contributed by atoms with Crippen LogP contribution in [0.15, 0.2) is 9.98 Å². The number of carbonyl (C=O) groups excluding carboxylic acids is 10. The number of unbranched alkanes of at least 4 members (excludes halogenated alkanes) is 2. The van der Waals surface area contributed by atoms with Gasteiger partial charge in [0, 0.05) is 19.5 Å². The number of carboxylic acids is 2. The van der Waals surface area contributed by atoms with E-state index >= 15 is 0 Å². The number of nitrogens with zero attached hydrogens (tertiary/aromatic N) is 2.